The molecule has 2 aromatic carbocycles. The number of nitrogens with zero attached hydrogens (tertiary/aromatic N) is 1. The Hall–Kier alpha value is -3.61. The highest BCUT2D eigenvalue weighted by atomic mass is 16.3. The van der Waals surface area contributed by atoms with Gasteiger partial charge in [0.1, 0.15) is 29.5 Å². The van der Waals surface area contributed by atoms with Crippen molar-refractivity contribution in [1.82, 2.24) is 15.5 Å². The average Bonchev–Trinajstić information content (AvgIpc) is 3.51. The summed E-state index contributed by atoms with van der Waals surface area (Å²) in [6, 6.07) is 17.9. The van der Waals surface area contributed by atoms with Crippen molar-refractivity contribution < 1.29 is 18.8 Å². The molecule has 1 aliphatic carbocycles. The normalized spacial score (nSPS) is 21.9. The molecule has 2 unspecified atom stereocenters. The van der Waals surface area contributed by atoms with Gasteiger partial charge in [0, 0.05) is 5.39 Å². The number of nitrogens with one attached hydrogen (secondary N) is 2. The third-order valence-corrected chi connectivity index (χ3v) is 6.16. The predicted octanol–water partition coefficient (Wildman–Crippen LogP) is 3.36. The summed E-state index contributed by atoms with van der Waals surface area (Å²) in [6.07, 6.45) is 1.81. The number of rotatable bonds is 6. The summed E-state index contributed by atoms with van der Waals surface area (Å²) < 4.78 is 6.00. The highest BCUT2D eigenvalue weighted by molar-refractivity contribution is 6.09. The molecule has 0 bridgehead atoms. The average molecular weight is 417 g/mol. The Morgan fingerprint density at radius 2 is 1.87 bits per heavy atom. The van der Waals surface area contributed by atoms with Crippen molar-refractivity contribution >= 4 is 28.8 Å². The fourth-order valence-electron chi connectivity index (χ4n) is 4.26. The molecule has 2 fully saturated rings. The molecule has 4 amide bonds. The molecular formula is C24H23N3O4. The number of furan rings is 1. The Morgan fingerprint density at radius 3 is 2.58 bits per heavy atom. The zero-order valence-electron chi connectivity index (χ0n) is 17.1. The molecule has 2 heterocycles. The van der Waals surface area contributed by atoms with Crippen LogP contribution in [-0.2, 0) is 9.59 Å². The van der Waals surface area contributed by atoms with Gasteiger partial charge >= 0.3 is 6.03 Å². The van der Waals surface area contributed by atoms with Crippen molar-refractivity contribution in [3.8, 4) is 0 Å². The number of hydrogen-bond acceptors (Lipinski definition) is 4. The number of amides is 4. The van der Waals surface area contributed by atoms with Gasteiger partial charge in [-0.2, -0.15) is 0 Å². The monoisotopic (exact) mass is 417 g/mol. The first-order valence-corrected chi connectivity index (χ1v) is 10.4. The molecule has 2 aliphatic rings. The smallest absolute Gasteiger partial charge is 0.325 e. The molecular weight excluding hydrogens is 394 g/mol. The van der Waals surface area contributed by atoms with Crippen LogP contribution in [-0.4, -0.2) is 34.8 Å². The highest BCUT2D eigenvalue weighted by Crippen LogP contribution is 2.42. The Labute approximate surface area is 179 Å². The lowest BCUT2D eigenvalue weighted by molar-refractivity contribution is -0.135. The molecule has 1 aromatic heterocycles. The molecule has 2 N–H and O–H groups in total. The summed E-state index contributed by atoms with van der Waals surface area (Å²) in [7, 11) is 0. The highest BCUT2D eigenvalue weighted by Gasteiger charge is 2.56. The predicted molar refractivity (Wildman–Crippen MR) is 114 cm³/mol. The van der Waals surface area contributed by atoms with Crippen LogP contribution < -0.4 is 10.6 Å². The fraction of sp³-hybridized carbons (Fsp3) is 0.292. The number of benzene rings is 2. The second-order valence-electron chi connectivity index (χ2n) is 8.40. The second kappa shape index (κ2) is 7.27. The lowest BCUT2D eigenvalue weighted by Gasteiger charge is -2.22. The minimum atomic E-state index is -0.908. The van der Waals surface area contributed by atoms with Gasteiger partial charge in [-0.15, -0.1) is 0 Å². The Kier molecular flexibility index (Phi) is 4.54. The first kappa shape index (κ1) is 19.4. The standard InChI is InChI=1S/C24H23N3O4/c1-24(17-11-12-17)22(29)27(23(30)26-24)14-20(28)25-21(15-7-3-2-4-8-15)19-13-16-9-5-6-10-18(16)31-19/h2-10,13,17,21H,11-12,14H2,1H3,(H,25,28)(H,26,30). The number of fused-ring (bicyclic) bond motifs is 1. The van der Waals surface area contributed by atoms with Gasteiger partial charge in [0.05, 0.1) is 0 Å². The molecule has 0 spiro atoms. The van der Waals surface area contributed by atoms with E-state index < -0.39 is 23.5 Å². The molecule has 1 saturated heterocycles. The van der Waals surface area contributed by atoms with Gasteiger partial charge in [-0.3, -0.25) is 14.5 Å². The van der Waals surface area contributed by atoms with Crippen LogP contribution in [0.1, 0.15) is 37.1 Å². The van der Waals surface area contributed by atoms with Crippen LogP contribution >= 0.6 is 0 Å². The Morgan fingerprint density at radius 1 is 1.16 bits per heavy atom. The van der Waals surface area contributed by atoms with Crippen LogP contribution in [0.5, 0.6) is 0 Å². The largest absolute Gasteiger partial charge is 0.459 e. The number of imide groups is 1. The molecule has 0 radical (unpaired) electrons. The fourth-order valence-corrected chi connectivity index (χ4v) is 4.26. The van der Waals surface area contributed by atoms with Gasteiger partial charge in [-0.1, -0.05) is 48.5 Å². The van der Waals surface area contributed by atoms with E-state index in [1.54, 1.807) is 6.92 Å². The molecule has 158 valence electrons. The number of carbonyl (C=O) groups is 3. The third-order valence-electron chi connectivity index (χ3n) is 6.16. The zero-order chi connectivity index (χ0) is 21.6. The van der Waals surface area contributed by atoms with Gasteiger partial charge in [-0.05, 0) is 43.4 Å². The van der Waals surface area contributed by atoms with E-state index in [4.69, 9.17) is 4.42 Å². The molecule has 7 heteroatoms. The lowest BCUT2D eigenvalue weighted by atomic mass is 9.96. The minimum absolute atomic E-state index is 0.143. The summed E-state index contributed by atoms with van der Waals surface area (Å²) in [6.45, 7) is 1.40. The first-order valence-electron chi connectivity index (χ1n) is 10.4. The summed E-state index contributed by atoms with van der Waals surface area (Å²) in [4.78, 5) is 39.2. The van der Waals surface area contributed by atoms with Crippen LogP contribution in [0.15, 0.2) is 65.1 Å². The second-order valence-corrected chi connectivity index (χ2v) is 8.40. The summed E-state index contributed by atoms with van der Waals surface area (Å²) in [5.41, 5.74) is 0.659. The maximum Gasteiger partial charge on any atom is 0.325 e. The Balaban J connectivity index is 1.39. The quantitative estimate of drug-likeness (QED) is 0.602. The minimum Gasteiger partial charge on any atom is -0.459 e. The van der Waals surface area contributed by atoms with Gasteiger partial charge in [0.2, 0.25) is 5.91 Å². The van der Waals surface area contributed by atoms with Crippen LogP contribution in [0.25, 0.3) is 11.0 Å². The van der Waals surface area contributed by atoms with Gasteiger partial charge in [-0.25, -0.2) is 4.79 Å². The van der Waals surface area contributed by atoms with E-state index >= 15 is 0 Å². The van der Waals surface area contributed by atoms with E-state index in [0.717, 1.165) is 34.3 Å². The van der Waals surface area contributed by atoms with E-state index in [1.807, 2.05) is 60.7 Å². The first-order chi connectivity index (χ1) is 15.0. The molecule has 31 heavy (non-hydrogen) atoms. The number of urea groups is 1. The van der Waals surface area contributed by atoms with Crippen molar-refractivity contribution in [3.05, 3.63) is 72.0 Å². The number of carbonyl (C=O) groups excluding carboxylic acids is 3. The van der Waals surface area contributed by atoms with Crippen LogP contribution in [0, 0.1) is 5.92 Å². The van der Waals surface area contributed by atoms with E-state index in [1.165, 1.54) is 0 Å². The topological polar surface area (TPSA) is 91.7 Å². The molecule has 2 atom stereocenters. The maximum absolute atomic E-state index is 12.9. The van der Waals surface area contributed by atoms with E-state index in [0.29, 0.717) is 5.76 Å². The van der Waals surface area contributed by atoms with Gasteiger partial charge in [0.25, 0.3) is 5.91 Å². The molecule has 3 aromatic rings. The third kappa shape index (κ3) is 3.46. The van der Waals surface area contributed by atoms with Crippen molar-refractivity contribution in [2.24, 2.45) is 5.92 Å². The summed E-state index contributed by atoms with van der Waals surface area (Å²) in [5.74, 6) is -0.0431. The van der Waals surface area contributed by atoms with Crippen molar-refractivity contribution in [2.45, 2.75) is 31.3 Å². The van der Waals surface area contributed by atoms with Crippen LogP contribution in [0.3, 0.4) is 0 Å². The molecule has 7 nitrogen and oxygen atoms in total. The zero-order valence-corrected chi connectivity index (χ0v) is 17.1. The van der Waals surface area contributed by atoms with E-state index in [2.05, 4.69) is 10.6 Å². The lowest BCUT2D eigenvalue weighted by Crippen LogP contribution is -2.47. The SMILES string of the molecule is CC1(C2CC2)NC(=O)N(CC(=O)NC(c2ccccc2)c2cc3ccccc3o2)C1=O. The van der Waals surface area contributed by atoms with Gasteiger partial charge < -0.3 is 15.1 Å². The molecule has 1 saturated carbocycles. The van der Waals surface area contributed by atoms with Gasteiger partial charge in [0.15, 0.2) is 0 Å². The van der Waals surface area contributed by atoms with Crippen LogP contribution in [0.2, 0.25) is 0 Å². The molecule has 5 rings (SSSR count). The maximum atomic E-state index is 12.9. The Bertz CT molecular complexity index is 1130. The van der Waals surface area contributed by atoms with E-state index in [-0.39, 0.29) is 18.4 Å². The van der Waals surface area contributed by atoms with Crippen molar-refractivity contribution in [1.29, 1.82) is 0 Å². The van der Waals surface area contributed by atoms with E-state index in [9.17, 15) is 14.4 Å². The van der Waals surface area contributed by atoms with Crippen LogP contribution in [0.4, 0.5) is 4.79 Å². The summed E-state index contributed by atoms with van der Waals surface area (Å²) >= 11 is 0. The molecule has 1 aliphatic heterocycles. The van der Waals surface area contributed by atoms with Crippen molar-refractivity contribution in [3.63, 3.8) is 0 Å². The number of hydrogen-bond donors (Lipinski definition) is 2. The number of para-hydroxylation sites is 1. The summed E-state index contributed by atoms with van der Waals surface area (Å²) in [5, 5.41) is 6.65. The van der Waals surface area contributed by atoms with Crippen molar-refractivity contribution in [2.75, 3.05) is 6.54 Å².